The predicted molar refractivity (Wildman–Crippen MR) is 122 cm³/mol. The highest BCUT2D eigenvalue weighted by Crippen LogP contribution is 2.27. The number of hydrogen-bond acceptors (Lipinski definition) is 5. The summed E-state index contributed by atoms with van der Waals surface area (Å²) in [7, 11) is -1.92. The SMILES string of the molecule is COc1ccc(S(=O)(=O)N2CCCC2)cc1CCC(=O)NCCCN1CCC[C@@H](C)C1. The number of piperidine rings is 1. The first-order valence-corrected chi connectivity index (χ1v) is 13.0. The molecule has 0 radical (unpaired) electrons. The lowest BCUT2D eigenvalue weighted by Crippen LogP contribution is -2.36. The lowest BCUT2D eigenvalue weighted by molar-refractivity contribution is -0.121. The summed E-state index contributed by atoms with van der Waals surface area (Å²) in [5.74, 6) is 1.37. The zero-order chi connectivity index (χ0) is 22.3. The maximum absolute atomic E-state index is 12.9. The molecule has 1 atom stereocenters. The molecule has 0 aromatic heterocycles. The number of carbonyl (C=O) groups is 1. The number of likely N-dealkylation sites (tertiary alicyclic amines) is 1. The summed E-state index contributed by atoms with van der Waals surface area (Å²) in [6.07, 6.45) is 6.09. The Morgan fingerprint density at radius 2 is 1.97 bits per heavy atom. The molecular weight excluding hydrogens is 414 g/mol. The third kappa shape index (κ3) is 6.67. The maximum atomic E-state index is 12.9. The molecular formula is C23H37N3O4S. The van der Waals surface area contributed by atoms with E-state index in [1.165, 1.54) is 17.1 Å². The summed E-state index contributed by atoms with van der Waals surface area (Å²) in [5, 5.41) is 3.00. The second-order valence-electron chi connectivity index (χ2n) is 8.84. The largest absolute Gasteiger partial charge is 0.496 e. The van der Waals surface area contributed by atoms with Crippen molar-refractivity contribution in [2.45, 2.75) is 56.8 Å². The fourth-order valence-electron chi connectivity index (χ4n) is 4.55. The third-order valence-corrected chi connectivity index (χ3v) is 8.19. The number of aryl methyl sites for hydroxylation is 1. The summed E-state index contributed by atoms with van der Waals surface area (Å²) >= 11 is 0. The molecule has 2 aliphatic rings. The average molecular weight is 452 g/mol. The number of nitrogens with one attached hydrogen (secondary N) is 1. The van der Waals surface area contributed by atoms with Crippen molar-refractivity contribution in [3.63, 3.8) is 0 Å². The van der Waals surface area contributed by atoms with Crippen LogP contribution in [0.25, 0.3) is 0 Å². The molecule has 0 bridgehead atoms. The van der Waals surface area contributed by atoms with E-state index >= 15 is 0 Å². The number of rotatable bonds is 10. The van der Waals surface area contributed by atoms with Crippen molar-refractivity contribution in [1.29, 1.82) is 0 Å². The average Bonchev–Trinajstić information content (AvgIpc) is 3.31. The van der Waals surface area contributed by atoms with Gasteiger partial charge in [0.1, 0.15) is 5.75 Å². The molecule has 1 aromatic carbocycles. The van der Waals surface area contributed by atoms with Crippen molar-refractivity contribution in [3.8, 4) is 5.75 Å². The zero-order valence-corrected chi connectivity index (χ0v) is 19.8. The molecule has 0 aliphatic carbocycles. The van der Waals surface area contributed by atoms with Gasteiger partial charge in [-0.25, -0.2) is 8.42 Å². The summed E-state index contributed by atoms with van der Waals surface area (Å²) in [4.78, 5) is 15.1. The van der Waals surface area contributed by atoms with Crippen LogP contribution in [0.5, 0.6) is 5.75 Å². The monoisotopic (exact) mass is 451 g/mol. The Balaban J connectivity index is 1.49. The molecule has 1 amide bonds. The molecule has 1 aromatic rings. The number of nitrogens with zero attached hydrogens (tertiary/aromatic N) is 2. The van der Waals surface area contributed by atoms with Crippen LogP contribution in [-0.2, 0) is 21.2 Å². The summed E-state index contributed by atoms with van der Waals surface area (Å²) in [5.41, 5.74) is 0.750. The van der Waals surface area contributed by atoms with Gasteiger partial charge in [-0.3, -0.25) is 4.79 Å². The van der Waals surface area contributed by atoms with E-state index in [4.69, 9.17) is 4.74 Å². The van der Waals surface area contributed by atoms with Crippen LogP contribution in [0, 0.1) is 5.92 Å². The lowest BCUT2D eigenvalue weighted by Gasteiger charge is -2.30. The minimum absolute atomic E-state index is 0.0122. The number of hydrogen-bond donors (Lipinski definition) is 1. The van der Waals surface area contributed by atoms with E-state index in [1.807, 2.05) is 0 Å². The van der Waals surface area contributed by atoms with Gasteiger partial charge in [0.2, 0.25) is 15.9 Å². The van der Waals surface area contributed by atoms with Gasteiger partial charge in [0.05, 0.1) is 12.0 Å². The van der Waals surface area contributed by atoms with Crippen LogP contribution in [0.4, 0.5) is 0 Å². The van der Waals surface area contributed by atoms with E-state index < -0.39 is 10.0 Å². The highest BCUT2D eigenvalue weighted by Gasteiger charge is 2.27. The Morgan fingerprint density at radius 3 is 2.68 bits per heavy atom. The van der Waals surface area contributed by atoms with E-state index in [-0.39, 0.29) is 10.8 Å². The van der Waals surface area contributed by atoms with Crippen molar-refractivity contribution >= 4 is 15.9 Å². The smallest absolute Gasteiger partial charge is 0.243 e. The molecule has 8 heteroatoms. The fraction of sp³-hybridized carbons (Fsp3) is 0.696. The first-order valence-electron chi connectivity index (χ1n) is 11.6. The van der Waals surface area contributed by atoms with E-state index in [0.29, 0.717) is 38.2 Å². The van der Waals surface area contributed by atoms with Crippen LogP contribution < -0.4 is 10.1 Å². The van der Waals surface area contributed by atoms with Crippen LogP contribution in [0.3, 0.4) is 0 Å². The van der Waals surface area contributed by atoms with E-state index in [9.17, 15) is 13.2 Å². The van der Waals surface area contributed by atoms with Gasteiger partial charge in [0.25, 0.3) is 0 Å². The number of methoxy groups -OCH3 is 1. The summed E-state index contributed by atoms with van der Waals surface area (Å²) in [6.45, 7) is 7.46. The van der Waals surface area contributed by atoms with Gasteiger partial charge in [0, 0.05) is 32.6 Å². The summed E-state index contributed by atoms with van der Waals surface area (Å²) < 4.78 is 32.6. The molecule has 2 aliphatic heterocycles. The van der Waals surface area contributed by atoms with Gasteiger partial charge in [-0.2, -0.15) is 4.31 Å². The van der Waals surface area contributed by atoms with Crippen LogP contribution >= 0.6 is 0 Å². The van der Waals surface area contributed by atoms with Crippen LogP contribution in [-0.4, -0.2) is 69.9 Å². The molecule has 0 spiro atoms. The van der Waals surface area contributed by atoms with Crippen molar-refractivity contribution in [2.24, 2.45) is 5.92 Å². The number of carbonyl (C=O) groups excluding carboxylic acids is 1. The third-order valence-electron chi connectivity index (χ3n) is 6.29. The minimum Gasteiger partial charge on any atom is -0.496 e. The molecule has 0 unspecified atom stereocenters. The van der Waals surface area contributed by atoms with Crippen molar-refractivity contribution in [3.05, 3.63) is 23.8 Å². The first kappa shape index (κ1) is 24.0. The van der Waals surface area contributed by atoms with E-state index in [0.717, 1.165) is 50.4 Å². The van der Waals surface area contributed by atoms with Gasteiger partial charge in [0.15, 0.2) is 0 Å². The molecule has 0 saturated carbocycles. The lowest BCUT2D eigenvalue weighted by atomic mass is 10.0. The number of sulfonamides is 1. The fourth-order valence-corrected chi connectivity index (χ4v) is 6.11. The van der Waals surface area contributed by atoms with E-state index in [2.05, 4.69) is 17.1 Å². The molecule has 2 saturated heterocycles. The standard InChI is InChI=1S/C23H37N3O4S/c1-19-7-5-13-25(18-19)14-6-12-24-23(27)11-8-20-17-21(9-10-22(20)30-2)31(28,29)26-15-3-4-16-26/h9-10,17,19H,3-8,11-16,18H2,1-2H3,(H,24,27)/t19-/m1/s1. The number of ether oxygens (including phenoxy) is 1. The van der Waals surface area contributed by atoms with Crippen LogP contribution in [0.15, 0.2) is 23.1 Å². The Bertz CT molecular complexity index is 837. The Kier molecular flexibility index (Phi) is 8.75. The van der Waals surface area contributed by atoms with Gasteiger partial charge in [-0.05, 0) is 81.3 Å². The highest BCUT2D eigenvalue weighted by atomic mass is 32.2. The van der Waals surface area contributed by atoms with Gasteiger partial charge >= 0.3 is 0 Å². The zero-order valence-electron chi connectivity index (χ0n) is 18.9. The second kappa shape index (κ2) is 11.3. The molecule has 174 valence electrons. The Hall–Kier alpha value is -1.64. The minimum atomic E-state index is -3.48. The topological polar surface area (TPSA) is 79.0 Å². The van der Waals surface area contributed by atoms with Crippen LogP contribution in [0.2, 0.25) is 0 Å². The first-order chi connectivity index (χ1) is 14.9. The number of benzene rings is 1. The second-order valence-corrected chi connectivity index (χ2v) is 10.8. The van der Waals surface area contributed by atoms with E-state index in [1.54, 1.807) is 25.3 Å². The Morgan fingerprint density at radius 1 is 1.19 bits per heavy atom. The molecule has 2 fully saturated rings. The Labute approximate surface area is 187 Å². The number of amides is 1. The summed E-state index contributed by atoms with van der Waals surface area (Å²) in [6, 6.07) is 4.95. The molecule has 3 rings (SSSR count). The van der Waals surface area contributed by atoms with Crippen molar-refractivity contribution in [1.82, 2.24) is 14.5 Å². The van der Waals surface area contributed by atoms with Gasteiger partial charge < -0.3 is 15.0 Å². The maximum Gasteiger partial charge on any atom is 0.243 e. The molecule has 31 heavy (non-hydrogen) atoms. The highest BCUT2D eigenvalue weighted by molar-refractivity contribution is 7.89. The van der Waals surface area contributed by atoms with Crippen molar-refractivity contribution < 1.29 is 17.9 Å². The quantitative estimate of drug-likeness (QED) is 0.553. The molecule has 2 heterocycles. The predicted octanol–water partition coefficient (Wildman–Crippen LogP) is 2.65. The molecule has 7 nitrogen and oxygen atoms in total. The van der Waals surface area contributed by atoms with Gasteiger partial charge in [-0.15, -0.1) is 0 Å². The van der Waals surface area contributed by atoms with Crippen molar-refractivity contribution in [2.75, 3.05) is 46.4 Å². The van der Waals surface area contributed by atoms with Gasteiger partial charge in [-0.1, -0.05) is 6.92 Å². The van der Waals surface area contributed by atoms with Crippen LogP contribution in [0.1, 0.15) is 51.0 Å². The molecule has 1 N–H and O–H groups in total. The normalized spacial score (nSPS) is 20.6.